The first-order valence-electron chi connectivity index (χ1n) is 9.21. The number of amides is 1. The molecule has 30 heavy (non-hydrogen) atoms. The monoisotopic (exact) mass is 423 g/mol. The number of carbonyl (C=O) groups excluding carboxylic acids is 1. The van der Waals surface area contributed by atoms with Crippen LogP contribution in [0.4, 0.5) is 11.5 Å². The summed E-state index contributed by atoms with van der Waals surface area (Å²) in [4.78, 5) is 12.6. The molecule has 0 aliphatic carbocycles. The summed E-state index contributed by atoms with van der Waals surface area (Å²) in [6.45, 7) is 3.97. The SMILES string of the molecule is Cc1cc(NC(=O)c2ccc(S(=O)(=O)Nc3ccccc3C)cc2)n(CCC#N)n1. The van der Waals surface area contributed by atoms with Gasteiger partial charge in [0.1, 0.15) is 5.82 Å². The van der Waals surface area contributed by atoms with Crippen LogP contribution in [0, 0.1) is 25.2 Å². The van der Waals surface area contributed by atoms with Gasteiger partial charge in [-0.15, -0.1) is 0 Å². The van der Waals surface area contributed by atoms with Gasteiger partial charge < -0.3 is 5.32 Å². The fourth-order valence-corrected chi connectivity index (χ4v) is 3.97. The molecule has 0 aliphatic rings. The summed E-state index contributed by atoms with van der Waals surface area (Å²) in [7, 11) is -3.78. The highest BCUT2D eigenvalue weighted by Crippen LogP contribution is 2.20. The molecule has 154 valence electrons. The van der Waals surface area contributed by atoms with Crippen LogP contribution >= 0.6 is 0 Å². The molecule has 0 fully saturated rings. The van der Waals surface area contributed by atoms with E-state index in [2.05, 4.69) is 15.1 Å². The Morgan fingerprint density at radius 2 is 1.83 bits per heavy atom. The Bertz CT molecular complexity index is 1210. The van der Waals surface area contributed by atoms with E-state index >= 15 is 0 Å². The molecule has 3 aromatic rings. The molecule has 3 rings (SSSR count). The van der Waals surface area contributed by atoms with Gasteiger partial charge in [-0.25, -0.2) is 13.1 Å². The molecule has 2 N–H and O–H groups in total. The van der Waals surface area contributed by atoms with Crippen LogP contribution in [0.25, 0.3) is 0 Å². The van der Waals surface area contributed by atoms with Gasteiger partial charge in [-0.05, 0) is 49.7 Å². The Morgan fingerprint density at radius 1 is 1.13 bits per heavy atom. The second-order valence-corrected chi connectivity index (χ2v) is 8.38. The summed E-state index contributed by atoms with van der Waals surface area (Å²) in [5.74, 6) is 0.0783. The summed E-state index contributed by atoms with van der Waals surface area (Å²) in [5, 5.41) is 15.8. The van der Waals surface area contributed by atoms with Crippen molar-refractivity contribution in [1.29, 1.82) is 5.26 Å². The molecule has 0 spiro atoms. The van der Waals surface area contributed by atoms with Gasteiger partial charge in [-0.1, -0.05) is 18.2 Å². The van der Waals surface area contributed by atoms with Gasteiger partial charge in [0.2, 0.25) is 0 Å². The van der Waals surface area contributed by atoms with Crippen molar-refractivity contribution < 1.29 is 13.2 Å². The maximum atomic E-state index is 12.6. The lowest BCUT2D eigenvalue weighted by Crippen LogP contribution is -2.17. The van der Waals surface area contributed by atoms with Gasteiger partial charge in [0.15, 0.2) is 0 Å². The number of nitriles is 1. The molecular formula is C21H21N5O3S. The van der Waals surface area contributed by atoms with E-state index in [9.17, 15) is 13.2 Å². The molecule has 0 radical (unpaired) electrons. The fourth-order valence-electron chi connectivity index (χ4n) is 2.84. The first kappa shape index (κ1) is 21.1. The molecule has 1 aromatic heterocycles. The number of rotatable bonds is 7. The lowest BCUT2D eigenvalue weighted by molar-refractivity contribution is 0.102. The average Bonchev–Trinajstić information content (AvgIpc) is 3.07. The molecule has 9 heteroatoms. The van der Waals surface area contributed by atoms with E-state index in [1.807, 2.05) is 25.1 Å². The first-order valence-corrected chi connectivity index (χ1v) is 10.7. The van der Waals surface area contributed by atoms with E-state index < -0.39 is 15.9 Å². The van der Waals surface area contributed by atoms with Crippen molar-refractivity contribution in [3.63, 3.8) is 0 Å². The van der Waals surface area contributed by atoms with Crippen LogP contribution in [-0.4, -0.2) is 24.1 Å². The number of aryl methyl sites for hydroxylation is 3. The van der Waals surface area contributed by atoms with E-state index in [1.165, 1.54) is 24.3 Å². The van der Waals surface area contributed by atoms with Crippen LogP contribution in [0.3, 0.4) is 0 Å². The molecule has 2 aromatic carbocycles. The Kier molecular flexibility index (Phi) is 6.18. The summed E-state index contributed by atoms with van der Waals surface area (Å²) in [5.41, 5.74) is 2.32. The second-order valence-electron chi connectivity index (χ2n) is 6.70. The summed E-state index contributed by atoms with van der Waals surface area (Å²) in [6, 6.07) is 16.5. The van der Waals surface area contributed by atoms with Crippen LogP contribution in [0.1, 0.15) is 28.0 Å². The maximum absolute atomic E-state index is 12.6. The van der Waals surface area contributed by atoms with Crippen molar-refractivity contribution in [3.8, 4) is 6.07 Å². The van der Waals surface area contributed by atoms with Gasteiger partial charge >= 0.3 is 0 Å². The Morgan fingerprint density at radius 3 is 2.50 bits per heavy atom. The molecule has 0 unspecified atom stereocenters. The third-order valence-corrected chi connectivity index (χ3v) is 5.78. The van der Waals surface area contributed by atoms with Crippen molar-refractivity contribution in [2.45, 2.75) is 31.7 Å². The predicted octanol–water partition coefficient (Wildman–Crippen LogP) is 3.47. The number of hydrogen-bond acceptors (Lipinski definition) is 5. The average molecular weight is 423 g/mol. The number of hydrogen-bond donors (Lipinski definition) is 2. The minimum Gasteiger partial charge on any atom is -0.307 e. The van der Waals surface area contributed by atoms with Crippen molar-refractivity contribution in [2.75, 3.05) is 10.0 Å². The Labute approximate surface area is 175 Å². The largest absolute Gasteiger partial charge is 0.307 e. The zero-order valence-electron chi connectivity index (χ0n) is 16.6. The molecule has 1 heterocycles. The van der Waals surface area contributed by atoms with Gasteiger partial charge in [0, 0.05) is 11.6 Å². The molecular weight excluding hydrogens is 402 g/mol. The Balaban J connectivity index is 1.75. The third kappa shape index (κ3) is 4.85. The topological polar surface area (TPSA) is 117 Å². The zero-order chi connectivity index (χ0) is 21.7. The number of para-hydroxylation sites is 1. The molecule has 0 saturated heterocycles. The summed E-state index contributed by atoms with van der Waals surface area (Å²) < 4.78 is 29.4. The van der Waals surface area contributed by atoms with E-state index in [0.29, 0.717) is 29.3 Å². The lowest BCUT2D eigenvalue weighted by atomic mass is 10.2. The number of nitrogens with one attached hydrogen (secondary N) is 2. The molecule has 0 atom stereocenters. The van der Waals surface area contributed by atoms with Crippen molar-refractivity contribution in [2.24, 2.45) is 0 Å². The minimum absolute atomic E-state index is 0.0530. The quantitative estimate of drug-likeness (QED) is 0.603. The molecule has 1 amide bonds. The van der Waals surface area contributed by atoms with Crippen LogP contribution in [0.5, 0.6) is 0 Å². The maximum Gasteiger partial charge on any atom is 0.261 e. The third-order valence-electron chi connectivity index (χ3n) is 4.40. The van der Waals surface area contributed by atoms with Gasteiger partial charge in [-0.3, -0.25) is 9.52 Å². The van der Waals surface area contributed by atoms with Crippen molar-refractivity contribution >= 4 is 27.4 Å². The van der Waals surface area contributed by atoms with Crippen LogP contribution < -0.4 is 10.0 Å². The molecule has 8 nitrogen and oxygen atoms in total. The van der Waals surface area contributed by atoms with E-state index in [1.54, 1.807) is 29.8 Å². The van der Waals surface area contributed by atoms with Gasteiger partial charge in [0.25, 0.3) is 15.9 Å². The number of carbonyl (C=O) groups is 1. The van der Waals surface area contributed by atoms with E-state index in [-0.39, 0.29) is 11.3 Å². The van der Waals surface area contributed by atoms with E-state index in [0.717, 1.165) is 5.56 Å². The number of benzene rings is 2. The van der Waals surface area contributed by atoms with Crippen LogP contribution in [0.15, 0.2) is 59.5 Å². The second kappa shape index (κ2) is 8.80. The number of sulfonamides is 1. The summed E-state index contributed by atoms with van der Waals surface area (Å²) >= 11 is 0. The number of aromatic nitrogens is 2. The van der Waals surface area contributed by atoms with Gasteiger partial charge in [0.05, 0.1) is 35.3 Å². The molecule has 0 bridgehead atoms. The fraction of sp³-hybridized carbons (Fsp3) is 0.190. The Hall–Kier alpha value is -3.64. The zero-order valence-corrected chi connectivity index (χ0v) is 17.4. The standard InChI is InChI=1S/C21H21N5O3S/c1-15-6-3-4-7-19(15)25-30(28,29)18-10-8-17(9-11-18)21(27)23-20-14-16(2)24-26(20)13-5-12-22/h3-4,6-11,14,25H,5,13H2,1-2H3,(H,23,27). The van der Waals surface area contributed by atoms with E-state index in [4.69, 9.17) is 5.26 Å². The predicted molar refractivity (Wildman–Crippen MR) is 114 cm³/mol. The molecule has 0 aliphatic heterocycles. The summed E-state index contributed by atoms with van der Waals surface area (Å²) in [6.07, 6.45) is 0.268. The van der Waals surface area contributed by atoms with Crippen molar-refractivity contribution in [3.05, 3.63) is 71.4 Å². The van der Waals surface area contributed by atoms with Crippen molar-refractivity contribution in [1.82, 2.24) is 9.78 Å². The van der Waals surface area contributed by atoms with Crippen LogP contribution in [0.2, 0.25) is 0 Å². The first-order chi connectivity index (χ1) is 14.3. The highest BCUT2D eigenvalue weighted by atomic mass is 32.2. The number of anilines is 2. The highest BCUT2D eigenvalue weighted by molar-refractivity contribution is 7.92. The van der Waals surface area contributed by atoms with Crippen LogP contribution in [-0.2, 0) is 16.6 Å². The number of nitrogens with zero attached hydrogens (tertiary/aromatic N) is 3. The smallest absolute Gasteiger partial charge is 0.261 e. The highest BCUT2D eigenvalue weighted by Gasteiger charge is 2.17. The lowest BCUT2D eigenvalue weighted by Gasteiger charge is -2.11. The minimum atomic E-state index is -3.78. The molecule has 0 saturated carbocycles. The normalized spacial score (nSPS) is 11.0. The van der Waals surface area contributed by atoms with Gasteiger partial charge in [-0.2, -0.15) is 10.4 Å².